The van der Waals surface area contributed by atoms with Gasteiger partial charge in [0.05, 0.1) is 0 Å². The van der Waals surface area contributed by atoms with E-state index in [1.54, 1.807) is 4.90 Å². The Morgan fingerprint density at radius 1 is 1.25 bits per heavy atom. The van der Waals surface area contributed by atoms with Gasteiger partial charge in [0.15, 0.2) is 0 Å². The van der Waals surface area contributed by atoms with E-state index in [4.69, 9.17) is 9.47 Å². The quantitative estimate of drug-likeness (QED) is 0.535. The van der Waals surface area contributed by atoms with E-state index in [-0.39, 0.29) is 0 Å². The molecule has 1 rings (SSSR count). The molecule has 0 N–H and O–H groups in total. The number of likely N-dealkylation sites (tertiary alicyclic amines) is 1. The Morgan fingerprint density at radius 2 is 1.81 bits per heavy atom. The zero-order chi connectivity index (χ0) is 12.1. The summed E-state index contributed by atoms with van der Waals surface area (Å²) < 4.78 is 9.70. The van der Waals surface area contributed by atoms with E-state index in [1.165, 1.54) is 13.8 Å². The van der Waals surface area contributed by atoms with E-state index in [0.29, 0.717) is 19.0 Å². The van der Waals surface area contributed by atoms with Crippen molar-refractivity contribution in [3.8, 4) is 0 Å². The molecule has 0 aromatic rings. The standard InChI is InChI=1S/C11H19NO4/c1-8-4-6-12(7-5-8)11(14)16-10(3)15-9(2)13/h8,10H,4-7H2,1-3H3. The van der Waals surface area contributed by atoms with Crippen LogP contribution in [0.3, 0.4) is 0 Å². The molecule has 0 aliphatic carbocycles. The first-order chi connectivity index (χ1) is 7.49. The van der Waals surface area contributed by atoms with Crippen molar-refractivity contribution in [1.82, 2.24) is 4.90 Å². The third kappa shape index (κ3) is 4.08. The second-order valence-electron chi connectivity index (χ2n) is 4.23. The maximum atomic E-state index is 11.6. The largest absolute Gasteiger partial charge is 0.426 e. The van der Waals surface area contributed by atoms with Gasteiger partial charge in [-0.2, -0.15) is 0 Å². The predicted octanol–water partition coefficient (Wildman–Crippen LogP) is 1.76. The molecule has 1 aliphatic heterocycles. The van der Waals surface area contributed by atoms with Gasteiger partial charge in [-0.3, -0.25) is 4.79 Å². The molecule has 1 heterocycles. The van der Waals surface area contributed by atoms with E-state index >= 15 is 0 Å². The molecule has 5 heteroatoms. The number of nitrogens with zero attached hydrogens (tertiary/aromatic N) is 1. The lowest BCUT2D eigenvalue weighted by molar-refractivity contribution is -0.163. The molecule has 0 spiro atoms. The molecule has 0 aromatic carbocycles. The van der Waals surface area contributed by atoms with Crippen molar-refractivity contribution in [2.24, 2.45) is 5.92 Å². The number of hydrogen-bond donors (Lipinski definition) is 0. The van der Waals surface area contributed by atoms with Gasteiger partial charge < -0.3 is 14.4 Å². The monoisotopic (exact) mass is 229 g/mol. The summed E-state index contributed by atoms with van der Waals surface area (Å²) in [5.41, 5.74) is 0. The average molecular weight is 229 g/mol. The van der Waals surface area contributed by atoms with E-state index in [2.05, 4.69) is 6.92 Å². The van der Waals surface area contributed by atoms with Crippen molar-refractivity contribution < 1.29 is 19.1 Å². The molecule has 0 aromatic heterocycles. The van der Waals surface area contributed by atoms with Crippen molar-refractivity contribution in [2.75, 3.05) is 13.1 Å². The lowest BCUT2D eigenvalue weighted by Gasteiger charge is -2.30. The number of hydrogen-bond acceptors (Lipinski definition) is 4. The molecular formula is C11H19NO4. The summed E-state index contributed by atoms with van der Waals surface area (Å²) in [6.07, 6.45) is 0.777. The molecule has 92 valence electrons. The first kappa shape index (κ1) is 12.8. The van der Waals surface area contributed by atoms with E-state index in [1.807, 2.05) is 0 Å². The summed E-state index contributed by atoms with van der Waals surface area (Å²) >= 11 is 0. The summed E-state index contributed by atoms with van der Waals surface area (Å²) in [4.78, 5) is 23.9. The van der Waals surface area contributed by atoms with E-state index in [9.17, 15) is 9.59 Å². The molecule has 0 saturated carbocycles. The Bertz CT molecular complexity index is 259. The predicted molar refractivity (Wildman–Crippen MR) is 57.7 cm³/mol. The zero-order valence-corrected chi connectivity index (χ0v) is 10.1. The number of esters is 1. The molecule has 1 amide bonds. The lowest BCUT2D eigenvalue weighted by Crippen LogP contribution is -2.40. The van der Waals surface area contributed by atoms with Crippen LogP contribution >= 0.6 is 0 Å². The van der Waals surface area contributed by atoms with Crippen molar-refractivity contribution in [3.63, 3.8) is 0 Å². The molecule has 16 heavy (non-hydrogen) atoms. The normalized spacial score (nSPS) is 19.1. The third-order valence-corrected chi connectivity index (χ3v) is 2.64. The van der Waals surface area contributed by atoms with E-state index in [0.717, 1.165) is 12.8 Å². The number of rotatable bonds is 2. The van der Waals surface area contributed by atoms with Crippen molar-refractivity contribution in [3.05, 3.63) is 0 Å². The van der Waals surface area contributed by atoms with Gasteiger partial charge in [0.2, 0.25) is 6.29 Å². The highest BCUT2D eigenvalue weighted by atomic mass is 16.7. The Kier molecular flexibility index (Phi) is 4.58. The number of carbonyl (C=O) groups excluding carboxylic acids is 2. The van der Waals surface area contributed by atoms with Gasteiger partial charge in [-0.05, 0) is 18.8 Å². The van der Waals surface area contributed by atoms with Gasteiger partial charge in [-0.1, -0.05) is 6.92 Å². The SMILES string of the molecule is CC(=O)OC(C)OC(=O)N1CCC(C)CC1. The topological polar surface area (TPSA) is 55.8 Å². The van der Waals surface area contributed by atoms with Crippen LogP contribution in [0.5, 0.6) is 0 Å². The Morgan fingerprint density at radius 3 is 2.31 bits per heavy atom. The summed E-state index contributed by atoms with van der Waals surface area (Å²) in [7, 11) is 0. The fourth-order valence-electron chi connectivity index (χ4n) is 1.67. The van der Waals surface area contributed by atoms with Crippen molar-refractivity contribution in [2.45, 2.75) is 39.9 Å². The van der Waals surface area contributed by atoms with Crippen molar-refractivity contribution >= 4 is 12.1 Å². The highest BCUT2D eigenvalue weighted by molar-refractivity contribution is 5.69. The highest BCUT2D eigenvalue weighted by Crippen LogP contribution is 2.16. The number of ether oxygens (including phenoxy) is 2. The van der Waals surface area contributed by atoms with Crippen LogP contribution in [0.15, 0.2) is 0 Å². The number of amides is 1. The molecule has 0 radical (unpaired) electrons. The van der Waals surface area contributed by atoms with E-state index < -0.39 is 18.4 Å². The Labute approximate surface area is 95.7 Å². The van der Waals surface area contributed by atoms with Crippen LogP contribution in [0.25, 0.3) is 0 Å². The molecule has 1 atom stereocenters. The highest BCUT2D eigenvalue weighted by Gasteiger charge is 2.23. The van der Waals surface area contributed by atoms with Gasteiger partial charge in [0.25, 0.3) is 0 Å². The maximum Gasteiger partial charge on any atom is 0.412 e. The molecule has 1 fully saturated rings. The van der Waals surface area contributed by atoms with Crippen LogP contribution < -0.4 is 0 Å². The maximum absolute atomic E-state index is 11.6. The zero-order valence-electron chi connectivity index (χ0n) is 10.1. The smallest absolute Gasteiger partial charge is 0.412 e. The fourth-order valence-corrected chi connectivity index (χ4v) is 1.67. The Balaban J connectivity index is 2.32. The minimum absolute atomic E-state index is 0.402. The minimum Gasteiger partial charge on any atom is -0.426 e. The lowest BCUT2D eigenvalue weighted by atomic mass is 10.00. The second-order valence-corrected chi connectivity index (χ2v) is 4.23. The van der Waals surface area contributed by atoms with Crippen LogP contribution in [-0.2, 0) is 14.3 Å². The molecule has 5 nitrogen and oxygen atoms in total. The number of piperidine rings is 1. The van der Waals surface area contributed by atoms with Crippen LogP contribution in [0.1, 0.15) is 33.6 Å². The first-order valence-electron chi connectivity index (χ1n) is 5.62. The van der Waals surface area contributed by atoms with Crippen LogP contribution in [-0.4, -0.2) is 36.3 Å². The van der Waals surface area contributed by atoms with Crippen LogP contribution in [0.4, 0.5) is 4.79 Å². The Hall–Kier alpha value is -1.26. The van der Waals surface area contributed by atoms with Gasteiger partial charge >= 0.3 is 12.1 Å². The first-order valence-corrected chi connectivity index (χ1v) is 5.62. The molecule has 0 bridgehead atoms. The summed E-state index contributed by atoms with van der Waals surface area (Å²) in [5, 5.41) is 0. The minimum atomic E-state index is -0.815. The van der Waals surface area contributed by atoms with Gasteiger partial charge in [0.1, 0.15) is 0 Å². The van der Waals surface area contributed by atoms with Gasteiger partial charge in [0, 0.05) is 26.9 Å². The average Bonchev–Trinajstić information content (AvgIpc) is 2.16. The van der Waals surface area contributed by atoms with Gasteiger partial charge in [-0.15, -0.1) is 0 Å². The van der Waals surface area contributed by atoms with Gasteiger partial charge in [-0.25, -0.2) is 4.79 Å². The van der Waals surface area contributed by atoms with Crippen molar-refractivity contribution in [1.29, 1.82) is 0 Å². The van der Waals surface area contributed by atoms with Crippen LogP contribution in [0.2, 0.25) is 0 Å². The summed E-state index contributed by atoms with van der Waals surface area (Å²) in [5.74, 6) is 0.211. The van der Waals surface area contributed by atoms with Crippen LogP contribution in [0, 0.1) is 5.92 Å². The number of carbonyl (C=O) groups is 2. The fraction of sp³-hybridized carbons (Fsp3) is 0.818. The third-order valence-electron chi connectivity index (χ3n) is 2.64. The summed E-state index contributed by atoms with van der Waals surface area (Å²) in [6, 6.07) is 0. The molecule has 1 unspecified atom stereocenters. The summed E-state index contributed by atoms with van der Waals surface area (Å²) in [6.45, 7) is 6.42. The second kappa shape index (κ2) is 5.72. The molecular weight excluding hydrogens is 210 g/mol. The molecule has 1 aliphatic rings. The molecule has 1 saturated heterocycles.